The highest BCUT2D eigenvalue weighted by Crippen LogP contribution is 2.17. The van der Waals surface area contributed by atoms with Gasteiger partial charge in [0.25, 0.3) is 11.6 Å². The van der Waals surface area contributed by atoms with Gasteiger partial charge in [-0.25, -0.2) is 4.79 Å². The van der Waals surface area contributed by atoms with Gasteiger partial charge in [-0.15, -0.1) is 0 Å². The summed E-state index contributed by atoms with van der Waals surface area (Å²) >= 11 is 0. The Labute approximate surface area is 143 Å². The Bertz CT molecular complexity index is 763. The maximum Gasteiger partial charge on any atom is 0.347 e. The van der Waals surface area contributed by atoms with E-state index in [0.717, 1.165) is 0 Å². The summed E-state index contributed by atoms with van der Waals surface area (Å²) in [4.78, 5) is 33.7. The van der Waals surface area contributed by atoms with Crippen LogP contribution in [0.3, 0.4) is 0 Å². The summed E-state index contributed by atoms with van der Waals surface area (Å²) in [6.07, 6.45) is -0.881. The van der Waals surface area contributed by atoms with Crippen LogP contribution in [0, 0.1) is 10.1 Å². The first-order valence-corrected chi connectivity index (χ1v) is 7.38. The third kappa shape index (κ3) is 5.61. The number of non-ortho nitro benzene ring substituents is 1. The van der Waals surface area contributed by atoms with Gasteiger partial charge in [0.1, 0.15) is 5.75 Å². The van der Waals surface area contributed by atoms with E-state index < -0.39 is 29.5 Å². The van der Waals surface area contributed by atoms with Crippen molar-refractivity contribution < 1.29 is 24.0 Å². The Morgan fingerprint density at radius 3 is 2.56 bits per heavy atom. The number of hydrogen-bond donors (Lipinski definition) is 1. The molecular formula is C17H16N2O6. The van der Waals surface area contributed by atoms with Crippen LogP contribution >= 0.6 is 0 Å². The quantitative estimate of drug-likeness (QED) is 0.470. The molecule has 0 aliphatic carbocycles. The molecule has 2 aromatic rings. The van der Waals surface area contributed by atoms with Crippen molar-refractivity contribution in [3.05, 3.63) is 64.7 Å². The van der Waals surface area contributed by atoms with E-state index in [1.807, 2.05) is 6.07 Å². The maximum atomic E-state index is 11.8. The molecule has 0 spiro atoms. The molecule has 2 aromatic carbocycles. The standard InChI is InChI=1S/C17H16N2O6/c1-12(25-15-8-3-2-4-9-15)17(21)24-11-16(20)18-13-6-5-7-14(10-13)19(22)23/h2-10,12H,11H2,1H3,(H,18,20)/t12-/m1/s1. The number of carbonyl (C=O) groups excluding carboxylic acids is 2. The van der Waals surface area contributed by atoms with Crippen molar-refractivity contribution in [2.24, 2.45) is 0 Å². The molecule has 0 aliphatic heterocycles. The molecule has 1 N–H and O–H groups in total. The lowest BCUT2D eigenvalue weighted by atomic mass is 10.3. The van der Waals surface area contributed by atoms with Crippen LogP contribution in [0.4, 0.5) is 11.4 Å². The molecule has 1 atom stereocenters. The molecule has 0 saturated carbocycles. The van der Waals surface area contributed by atoms with Crippen LogP contribution in [0.15, 0.2) is 54.6 Å². The number of ether oxygens (including phenoxy) is 2. The minimum absolute atomic E-state index is 0.153. The Hall–Kier alpha value is -3.42. The fourth-order valence-corrected chi connectivity index (χ4v) is 1.90. The molecule has 130 valence electrons. The first-order valence-electron chi connectivity index (χ1n) is 7.38. The number of para-hydroxylation sites is 1. The lowest BCUT2D eigenvalue weighted by Gasteiger charge is -2.13. The third-order valence-corrected chi connectivity index (χ3v) is 3.07. The first kappa shape index (κ1) is 17.9. The SMILES string of the molecule is C[C@@H](Oc1ccccc1)C(=O)OCC(=O)Nc1cccc([N+](=O)[O-])c1. The largest absolute Gasteiger partial charge is 0.479 e. The van der Waals surface area contributed by atoms with Crippen LogP contribution in [-0.4, -0.2) is 29.5 Å². The van der Waals surface area contributed by atoms with Gasteiger partial charge in [-0.05, 0) is 25.1 Å². The van der Waals surface area contributed by atoms with Gasteiger partial charge in [-0.3, -0.25) is 14.9 Å². The van der Waals surface area contributed by atoms with Crippen molar-refractivity contribution in [1.29, 1.82) is 0 Å². The number of esters is 1. The molecule has 8 nitrogen and oxygen atoms in total. The summed E-state index contributed by atoms with van der Waals surface area (Å²) in [5, 5.41) is 13.1. The van der Waals surface area contributed by atoms with Crippen molar-refractivity contribution in [2.45, 2.75) is 13.0 Å². The molecule has 25 heavy (non-hydrogen) atoms. The van der Waals surface area contributed by atoms with E-state index in [4.69, 9.17) is 9.47 Å². The molecule has 0 heterocycles. The van der Waals surface area contributed by atoms with E-state index in [-0.39, 0.29) is 11.4 Å². The Morgan fingerprint density at radius 2 is 1.88 bits per heavy atom. The van der Waals surface area contributed by atoms with Crippen molar-refractivity contribution in [3.8, 4) is 5.75 Å². The fraction of sp³-hybridized carbons (Fsp3) is 0.176. The number of anilines is 1. The van der Waals surface area contributed by atoms with E-state index in [1.165, 1.54) is 31.2 Å². The Morgan fingerprint density at radius 1 is 1.16 bits per heavy atom. The summed E-state index contributed by atoms with van der Waals surface area (Å²) in [5.74, 6) is -0.799. The van der Waals surface area contributed by atoms with Crippen molar-refractivity contribution in [3.63, 3.8) is 0 Å². The zero-order chi connectivity index (χ0) is 18.2. The van der Waals surface area contributed by atoms with Gasteiger partial charge in [0.05, 0.1) is 4.92 Å². The Balaban J connectivity index is 1.82. The number of nitrogens with zero attached hydrogens (tertiary/aromatic N) is 1. The van der Waals surface area contributed by atoms with Gasteiger partial charge in [0.15, 0.2) is 12.7 Å². The smallest absolute Gasteiger partial charge is 0.347 e. The molecule has 0 bridgehead atoms. The lowest BCUT2D eigenvalue weighted by molar-refractivity contribution is -0.384. The lowest BCUT2D eigenvalue weighted by Crippen LogP contribution is -2.29. The van der Waals surface area contributed by atoms with E-state index in [1.54, 1.807) is 24.3 Å². The second-order valence-electron chi connectivity index (χ2n) is 5.04. The van der Waals surface area contributed by atoms with Crippen LogP contribution in [0.1, 0.15) is 6.92 Å². The van der Waals surface area contributed by atoms with E-state index >= 15 is 0 Å². The second kappa shape index (κ2) is 8.44. The average Bonchev–Trinajstić information content (AvgIpc) is 2.60. The summed E-state index contributed by atoms with van der Waals surface area (Å²) in [6.45, 7) is 0.984. The molecule has 0 aromatic heterocycles. The summed E-state index contributed by atoms with van der Waals surface area (Å²) in [6, 6.07) is 14.2. The van der Waals surface area contributed by atoms with Crippen LogP contribution in [0.5, 0.6) is 5.75 Å². The minimum Gasteiger partial charge on any atom is -0.479 e. The number of rotatable bonds is 7. The minimum atomic E-state index is -0.881. The number of nitrogens with one attached hydrogen (secondary N) is 1. The molecule has 0 aliphatic rings. The van der Waals surface area contributed by atoms with Gasteiger partial charge in [-0.1, -0.05) is 24.3 Å². The number of amides is 1. The molecule has 0 fully saturated rings. The number of benzene rings is 2. The van der Waals surface area contributed by atoms with Gasteiger partial charge in [-0.2, -0.15) is 0 Å². The first-order chi connectivity index (χ1) is 12.0. The van der Waals surface area contributed by atoms with Crippen molar-refractivity contribution >= 4 is 23.3 Å². The number of nitro benzene ring substituents is 1. The molecule has 2 rings (SSSR count). The number of carbonyl (C=O) groups is 2. The van der Waals surface area contributed by atoms with Gasteiger partial charge in [0.2, 0.25) is 0 Å². The number of nitro groups is 1. The predicted octanol–water partition coefficient (Wildman–Crippen LogP) is 2.54. The van der Waals surface area contributed by atoms with Crippen LogP contribution < -0.4 is 10.1 Å². The normalized spacial score (nSPS) is 11.2. The van der Waals surface area contributed by atoms with Crippen LogP contribution in [0.2, 0.25) is 0 Å². The predicted molar refractivity (Wildman–Crippen MR) is 89.2 cm³/mol. The molecule has 8 heteroatoms. The molecule has 0 radical (unpaired) electrons. The summed E-state index contributed by atoms with van der Waals surface area (Å²) < 4.78 is 10.3. The fourth-order valence-electron chi connectivity index (χ4n) is 1.90. The van der Waals surface area contributed by atoms with E-state index in [9.17, 15) is 19.7 Å². The molecular weight excluding hydrogens is 328 g/mol. The van der Waals surface area contributed by atoms with E-state index in [2.05, 4.69) is 5.32 Å². The second-order valence-corrected chi connectivity index (χ2v) is 5.04. The average molecular weight is 344 g/mol. The monoisotopic (exact) mass is 344 g/mol. The van der Waals surface area contributed by atoms with Crippen LogP contribution in [-0.2, 0) is 14.3 Å². The van der Waals surface area contributed by atoms with Crippen molar-refractivity contribution in [1.82, 2.24) is 0 Å². The highest BCUT2D eigenvalue weighted by atomic mass is 16.6. The zero-order valence-corrected chi connectivity index (χ0v) is 13.4. The highest BCUT2D eigenvalue weighted by molar-refractivity contribution is 5.93. The van der Waals surface area contributed by atoms with Gasteiger partial charge < -0.3 is 14.8 Å². The topological polar surface area (TPSA) is 108 Å². The summed E-state index contributed by atoms with van der Waals surface area (Å²) in [5.41, 5.74) is 0.0866. The van der Waals surface area contributed by atoms with Crippen LogP contribution in [0.25, 0.3) is 0 Å². The molecule has 0 saturated heterocycles. The highest BCUT2D eigenvalue weighted by Gasteiger charge is 2.18. The summed E-state index contributed by atoms with van der Waals surface area (Å²) in [7, 11) is 0. The third-order valence-electron chi connectivity index (χ3n) is 3.07. The number of hydrogen-bond acceptors (Lipinski definition) is 6. The zero-order valence-electron chi connectivity index (χ0n) is 13.4. The molecule has 1 amide bonds. The van der Waals surface area contributed by atoms with Gasteiger partial charge >= 0.3 is 5.97 Å². The van der Waals surface area contributed by atoms with E-state index in [0.29, 0.717) is 5.75 Å². The maximum absolute atomic E-state index is 11.8. The Kier molecular flexibility index (Phi) is 6.05. The molecule has 0 unspecified atom stereocenters. The van der Waals surface area contributed by atoms with Crippen molar-refractivity contribution in [2.75, 3.05) is 11.9 Å². The van der Waals surface area contributed by atoms with Gasteiger partial charge in [0, 0.05) is 17.8 Å².